The molecule has 0 bridgehead atoms. The monoisotopic (exact) mass is 490 g/mol. The highest BCUT2D eigenvalue weighted by atomic mass is 16.4. The predicted molar refractivity (Wildman–Crippen MR) is 132 cm³/mol. The average Bonchev–Trinajstić information content (AvgIpc) is 3.27. The molecule has 35 heavy (non-hydrogen) atoms. The number of nitrogens with two attached hydrogens (primary N) is 2. The number of amides is 4. The molecule has 4 amide bonds. The molecule has 1 fully saturated rings. The molecule has 0 radical (unpaired) electrons. The van der Waals surface area contributed by atoms with Gasteiger partial charge in [-0.2, -0.15) is 0 Å². The minimum Gasteiger partial charge on any atom is -0.465 e. The van der Waals surface area contributed by atoms with E-state index in [0.29, 0.717) is 25.1 Å². The maximum Gasteiger partial charge on any atom is 0.407 e. The molecule has 7 N–H and O–H groups in total. The van der Waals surface area contributed by atoms with Crippen LogP contribution in [0.4, 0.5) is 10.5 Å². The van der Waals surface area contributed by atoms with Crippen LogP contribution < -0.4 is 22.1 Å². The molecule has 194 valence electrons. The second kappa shape index (κ2) is 11.9. The average molecular weight is 491 g/mol. The van der Waals surface area contributed by atoms with Crippen LogP contribution in [-0.4, -0.2) is 77.0 Å². The first-order chi connectivity index (χ1) is 16.3. The molecule has 1 aromatic rings. The molecule has 11 heteroatoms. The topological polar surface area (TPSA) is 171 Å². The van der Waals surface area contributed by atoms with Gasteiger partial charge in [-0.25, -0.2) is 4.79 Å². The van der Waals surface area contributed by atoms with Gasteiger partial charge in [0.2, 0.25) is 17.7 Å². The molecule has 11 nitrogen and oxygen atoms in total. The number of anilines is 1. The van der Waals surface area contributed by atoms with Crippen molar-refractivity contribution < 1.29 is 24.3 Å². The minimum absolute atomic E-state index is 0.183. The second-order valence-corrected chi connectivity index (χ2v) is 10.1. The number of carbonyl (C=O) groups is 4. The lowest BCUT2D eigenvalue weighted by Crippen LogP contribution is -2.59. The summed E-state index contributed by atoms with van der Waals surface area (Å²) in [5.41, 5.74) is 12.7. The second-order valence-electron chi connectivity index (χ2n) is 10.1. The van der Waals surface area contributed by atoms with Crippen molar-refractivity contribution in [2.24, 2.45) is 11.1 Å². The van der Waals surface area contributed by atoms with Gasteiger partial charge >= 0.3 is 6.09 Å². The quantitative estimate of drug-likeness (QED) is 0.318. The summed E-state index contributed by atoms with van der Waals surface area (Å²) < 4.78 is 0. The van der Waals surface area contributed by atoms with Crippen molar-refractivity contribution in [2.45, 2.75) is 64.7 Å². The fourth-order valence-electron chi connectivity index (χ4n) is 4.12. The van der Waals surface area contributed by atoms with Gasteiger partial charge in [0.1, 0.15) is 18.1 Å². The maximum atomic E-state index is 13.3. The Balaban J connectivity index is 2.08. The van der Waals surface area contributed by atoms with Gasteiger partial charge in [-0.1, -0.05) is 32.9 Å². The molecule has 1 saturated heterocycles. The Hall–Kier alpha value is -3.34. The van der Waals surface area contributed by atoms with Crippen LogP contribution in [0.25, 0.3) is 0 Å². The Kier molecular flexibility index (Phi) is 9.47. The first-order valence-electron chi connectivity index (χ1n) is 11.7. The SMILES string of the molecule is CN(C(=O)O)[C@@H](CC(C)(C)C)C(=O)N[C@@H](CN)C(=O)N1CCC[C@H]1C(=O)NCc1cccc(N)c1. The van der Waals surface area contributed by atoms with Gasteiger partial charge in [0.15, 0.2) is 0 Å². The van der Waals surface area contributed by atoms with Crippen LogP contribution in [-0.2, 0) is 20.9 Å². The number of likely N-dealkylation sites (tertiary alicyclic amines) is 1. The maximum absolute atomic E-state index is 13.3. The van der Waals surface area contributed by atoms with E-state index in [1.54, 1.807) is 18.2 Å². The van der Waals surface area contributed by atoms with Crippen molar-refractivity contribution in [2.75, 3.05) is 25.9 Å². The Labute approximate surface area is 206 Å². The van der Waals surface area contributed by atoms with Gasteiger partial charge in [0, 0.05) is 32.4 Å². The molecule has 1 heterocycles. The third-order valence-electron chi connectivity index (χ3n) is 5.98. The third kappa shape index (κ3) is 7.84. The van der Waals surface area contributed by atoms with Gasteiger partial charge in [-0.05, 0) is 42.4 Å². The zero-order valence-corrected chi connectivity index (χ0v) is 20.9. The smallest absolute Gasteiger partial charge is 0.407 e. The van der Waals surface area contributed by atoms with Gasteiger partial charge in [-0.3, -0.25) is 19.3 Å². The van der Waals surface area contributed by atoms with Crippen molar-refractivity contribution in [3.05, 3.63) is 29.8 Å². The fraction of sp³-hybridized carbons (Fsp3) is 0.583. The van der Waals surface area contributed by atoms with Gasteiger partial charge in [0.25, 0.3) is 0 Å². The van der Waals surface area contributed by atoms with Crippen LogP contribution in [0.3, 0.4) is 0 Å². The number of hydrogen-bond acceptors (Lipinski definition) is 6. The minimum atomic E-state index is -1.25. The number of carbonyl (C=O) groups excluding carboxylic acids is 3. The van der Waals surface area contributed by atoms with E-state index in [2.05, 4.69) is 10.6 Å². The number of benzene rings is 1. The van der Waals surface area contributed by atoms with Crippen LogP contribution in [0.5, 0.6) is 0 Å². The van der Waals surface area contributed by atoms with Gasteiger partial charge < -0.3 is 32.1 Å². The molecule has 0 spiro atoms. The largest absolute Gasteiger partial charge is 0.465 e. The summed E-state index contributed by atoms with van der Waals surface area (Å²) in [6.45, 7) is 6.14. The van der Waals surface area contributed by atoms with Crippen molar-refractivity contribution in [1.29, 1.82) is 0 Å². The molecule has 2 rings (SSSR count). The molecule has 0 saturated carbocycles. The highest BCUT2D eigenvalue weighted by molar-refractivity contribution is 5.94. The Morgan fingerprint density at radius 1 is 1.26 bits per heavy atom. The molecule has 3 atom stereocenters. The number of carboxylic acid groups (broad SMARTS) is 1. The zero-order valence-electron chi connectivity index (χ0n) is 20.9. The summed E-state index contributed by atoms with van der Waals surface area (Å²) in [4.78, 5) is 53.0. The van der Waals surface area contributed by atoms with Crippen molar-refractivity contribution in [3.63, 3.8) is 0 Å². The highest BCUT2D eigenvalue weighted by Crippen LogP contribution is 2.24. The van der Waals surface area contributed by atoms with Crippen LogP contribution in [0, 0.1) is 5.41 Å². The summed E-state index contributed by atoms with van der Waals surface area (Å²) in [7, 11) is 1.32. The number of nitrogen functional groups attached to an aromatic ring is 1. The van der Waals surface area contributed by atoms with E-state index >= 15 is 0 Å². The van der Waals surface area contributed by atoms with E-state index < -0.39 is 36.0 Å². The van der Waals surface area contributed by atoms with Crippen molar-refractivity contribution >= 4 is 29.5 Å². The number of hydrogen-bond donors (Lipinski definition) is 5. The lowest BCUT2D eigenvalue weighted by Gasteiger charge is -2.33. The van der Waals surface area contributed by atoms with E-state index in [-0.39, 0.29) is 30.8 Å². The van der Waals surface area contributed by atoms with Crippen molar-refractivity contribution in [3.8, 4) is 0 Å². The lowest BCUT2D eigenvalue weighted by atomic mass is 9.87. The van der Waals surface area contributed by atoms with E-state index in [4.69, 9.17) is 11.5 Å². The number of rotatable bonds is 9. The predicted octanol–water partition coefficient (Wildman–Crippen LogP) is 0.734. The molecule has 0 aliphatic carbocycles. The molecule has 0 aromatic heterocycles. The first-order valence-corrected chi connectivity index (χ1v) is 11.7. The summed E-state index contributed by atoms with van der Waals surface area (Å²) >= 11 is 0. The van der Waals surface area contributed by atoms with Crippen LogP contribution in [0.1, 0.15) is 45.6 Å². The van der Waals surface area contributed by atoms with Crippen LogP contribution >= 0.6 is 0 Å². The number of nitrogens with one attached hydrogen (secondary N) is 2. The fourth-order valence-corrected chi connectivity index (χ4v) is 4.12. The van der Waals surface area contributed by atoms with E-state index in [1.165, 1.54) is 11.9 Å². The molecule has 1 aromatic carbocycles. The zero-order chi connectivity index (χ0) is 26.3. The van der Waals surface area contributed by atoms with Gasteiger partial charge in [-0.15, -0.1) is 0 Å². The van der Waals surface area contributed by atoms with Crippen LogP contribution in [0.15, 0.2) is 24.3 Å². The first kappa shape index (κ1) is 27.9. The summed E-state index contributed by atoms with van der Waals surface area (Å²) in [6.07, 6.45) is 0.142. The Bertz CT molecular complexity index is 931. The highest BCUT2D eigenvalue weighted by Gasteiger charge is 2.39. The van der Waals surface area contributed by atoms with Gasteiger partial charge in [0.05, 0.1) is 0 Å². The Morgan fingerprint density at radius 3 is 2.51 bits per heavy atom. The standard InChI is InChI=1S/C24H38N6O5/c1-24(2,3)12-19(29(4)23(34)35)21(32)28-17(13-25)22(33)30-10-6-9-18(30)20(31)27-14-15-7-5-8-16(26)11-15/h5,7-8,11,17-19H,6,9-10,12-14,25-26H2,1-4H3,(H,27,31)(H,28,32)(H,34,35)/t17-,18-,19-/m0/s1. The molecule has 0 unspecified atom stereocenters. The summed E-state index contributed by atoms with van der Waals surface area (Å²) in [5.74, 6) is -1.36. The number of nitrogens with zero attached hydrogens (tertiary/aromatic N) is 2. The third-order valence-corrected chi connectivity index (χ3v) is 5.98. The van der Waals surface area contributed by atoms with Crippen molar-refractivity contribution in [1.82, 2.24) is 20.4 Å². The van der Waals surface area contributed by atoms with E-state index in [1.807, 2.05) is 26.8 Å². The number of likely N-dealkylation sites (N-methyl/N-ethyl adjacent to an activating group) is 1. The van der Waals surface area contributed by atoms with E-state index in [9.17, 15) is 24.3 Å². The van der Waals surface area contributed by atoms with Crippen LogP contribution in [0.2, 0.25) is 0 Å². The normalized spacial score (nSPS) is 17.4. The molecular formula is C24H38N6O5. The molecular weight excluding hydrogens is 452 g/mol. The summed E-state index contributed by atoms with van der Waals surface area (Å²) in [6, 6.07) is 4.41. The van der Waals surface area contributed by atoms with E-state index in [0.717, 1.165) is 10.5 Å². The summed E-state index contributed by atoms with van der Waals surface area (Å²) in [5, 5.41) is 14.9. The lowest BCUT2D eigenvalue weighted by molar-refractivity contribution is -0.141. The molecule has 1 aliphatic rings. The Morgan fingerprint density at radius 2 is 1.94 bits per heavy atom. The molecule has 1 aliphatic heterocycles.